The number of rotatable bonds is 6. The SMILES string of the molecule is C=CC(=O)N1CCN(c2nc(OCC3CCCN3C)nc3c2CCC2(Cc4ccccc4NC2=O)C3)CC1CC#N. The van der Waals surface area contributed by atoms with Gasteiger partial charge in [0.05, 0.1) is 29.6 Å². The summed E-state index contributed by atoms with van der Waals surface area (Å²) in [6.07, 6.45) is 6.30. The van der Waals surface area contributed by atoms with Gasteiger partial charge in [0, 0.05) is 43.3 Å². The van der Waals surface area contributed by atoms with E-state index in [2.05, 4.69) is 40.9 Å². The van der Waals surface area contributed by atoms with Gasteiger partial charge in [-0.1, -0.05) is 24.8 Å². The highest BCUT2D eigenvalue weighted by atomic mass is 16.5. The Bertz CT molecular complexity index is 1400. The number of para-hydroxylation sites is 1. The number of ether oxygens (including phenoxy) is 1. The minimum absolute atomic E-state index is 0.0442. The second-order valence-electron chi connectivity index (χ2n) is 11.8. The van der Waals surface area contributed by atoms with Gasteiger partial charge in [0.15, 0.2) is 0 Å². The van der Waals surface area contributed by atoms with Gasteiger partial charge in [0.1, 0.15) is 12.4 Å². The molecule has 0 radical (unpaired) electrons. The molecule has 0 saturated carbocycles. The quantitative estimate of drug-likeness (QED) is 0.542. The molecule has 0 bridgehead atoms. The van der Waals surface area contributed by atoms with Gasteiger partial charge in [-0.3, -0.25) is 9.59 Å². The monoisotopic (exact) mass is 555 g/mol. The number of carbonyl (C=O) groups excluding carboxylic acids is 2. The normalized spacial score (nSPS) is 25.7. The minimum Gasteiger partial charge on any atom is -0.462 e. The first-order valence-corrected chi connectivity index (χ1v) is 14.6. The fourth-order valence-electron chi connectivity index (χ4n) is 6.93. The highest BCUT2D eigenvalue weighted by molar-refractivity contribution is 5.99. The summed E-state index contributed by atoms with van der Waals surface area (Å²) >= 11 is 0. The lowest BCUT2D eigenvalue weighted by Gasteiger charge is -2.43. The van der Waals surface area contributed by atoms with Crippen molar-refractivity contribution in [1.82, 2.24) is 19.8 Å². The summed E-state index contributed by atoms with van der Waals surface area (Å²) in [5.41, 5.74) is 3.35. The number of amides is 2. The number of benzene rings is 1. The average Bonchev–Trinajstić information content (AvgIpc) is 3.40. The molecule has 1 spiro atoms. The molecule has 1 aromatic carbocycles. The average molecular weight is 556 g/mol. The van der Waals surface area contributed by atoms with Gasteiger partial charge in [0.25, 0.3) is 0 Å². The van der Waals surface area contributed by atoms with E-state index in [1.54, 1.807) is 4.90 Å². The number of fused-ring (bicyclic) bond motifs is 2. The summed E-state index contributed by atoms with van der Waals surface area (Å²) in [5, 5.41) is 12.6. The van der Waals surface area contributed by atoms with E-state index in [0.29, 0.717) is 64.0 Å². The van der Waals surface area contributed by atoms with Crippen molar-refractivity contribution in [1.29, 1.82) is 5.26 Å². The molecule has 214 valence electrons. The van der Waals surface area contributed by atoms with E-state index in [1.165, 1.54) is 6.08 Å². The highest BCUT2D eigenvalue weighted by Crippen LogP contribution is 2.45. The lowest BCUT2D eigenvalue weighted by atomic mass is 9.67. The molecule has 10 heteroatoms. The van der Waals surface area contributed by atoms with Crippen molar-refractivity contribution in [2.24, 2.45) is 5.41 Å². The second-order valence-corrected chi connectivity index (χ2v) is 11.8. The number of hydrogen-bond donors (Lipinski definition) is 1. The predicted molar refractivity (Wildman–Crippen MR) is 155 cm³/mol. The number of hydrogen-bond acceptors (Lipinski definition) is 8. The Morgan fingerprint density at radius 2 is 2.10 bits per heavy atom. The minimum atomic E-state index is -0.575. The Balaban J connectivity index is 1.33. The van der Waals surface area contributed by atoms with Crippen LogP contribution in [0, 0.1) is 16.7 Å². The molecule has 6 rings (SSSR count). The lowest BCUT2D eigenvalue weighted by Crippen LogP contribution is -2.55. The first-order valence-electron chi connectivity index (χ1n) is 14.6. The van der Waals surface area contributed by atoms with Crippen LogP contribution >= 0.6 is 0 Å². The standard InChI is InChI=1S/C31H37N7O3/c1-3-27(39)38-16-15-37(19-22(38)11-13-32)28-24-10-12-31(17-21-7-4-5-9-25(21)33-29(31)40)18-26(24)34-30(35-28)41-20-23-8-6-14-36(23)2/h3-5,7,9,22-23H,1,6,8,10-12,14-20H2,2H3,(H,33,40). The maximum Gasteiger partial charge on any atom is 0.318 e. The van der Waals surface area contributed by atoms with Gasteiger partial charge in [-0.05, 0) is 63.4 Å². The van der Waals surface area contributed by atoms with Crippen molar-refractivity contribution in [3.63, 3.8) is 0 Å². The molecule has 2 aromatic rings. The molecule has 10 nitrogen and oxygen atoms in total. The van der Waals surface area contributed by atoms with Crippen molar-refractivity contribution in [3.05, 3.63) is 53.7 Å². The van der Waals surface area contributed by atoms with Crippen molar-refractivity contribution in [2.75, 3.05) is 50.1 Å². The molecule has 2 fully saturated rings. The maximum absolute atomic E-state index is 13.5. The smallest absolute Gasteiger partial charge is 0.318 e. The molecule has 4 aliphatic rings. The van der Waals surface area contributed by atoms with Crippen LogP contribution in [0.15, 0.2) is 36.9 Å². The molecule has 1 aromatic heterocycles. The van der Waals surface area contributed by atoms with Crippen LogP contribution in [-0.4, -0.2) is 83.5 Å². The summed E-state index contributed by atoms with van der Waals surface area (Å²) < 4.78 is 6.25. The number of aromatic nitrogens is 2. The van der Waals surface area contributed by atoms with E-state index < -0.39 is 5.41 Å². The summed E-state index contributed by atoms with van der Waals surface area (Å²) in [5.74, 6) is 0.678. The van der Waals surface area contributed by atoms with Gasteiger partial charge in [0.2, 0.25) is 11.8 Å². The number of likely N-dealkylation sites (N-methyl/N-ethyl adjacent to an activating group) is 1. The second kappa shape index (κ2) is 11.1. The number of nitriles is 1. The van der Waals surface area contributed by atoms with Crippen LogP contribution in [-0.2, 0) is 28.9 Å². The molecule has 3 aliphatic heterocycles. The van der Waals surface area contributed by atoms with E-state index in [4.69, 9.17) is 14.7 Å². The van der Waals surface area contributed by atoms with Crippen molar-refractivity contribution >= 4 is 23.3 Å². The maximum atomic E-state index is 13.5. The molecule has 2 saturated heterocycles. The van der Waals surface area contributed by atoms with Crippen molar-refractivity contribution < 1.29 is 14.3 Å². The number of carbonyl (C=O) groups is 2. The Hall–Kier alpha value is -3.97. The van der Waals surface area contributed by atoms with Gasteiger partial charge in [-0.15, -0.1) is 0 Å². The summed E-state index contributed by atoms with van der Waals surface area (Å²) in [6, 6.07) is 10.6. The molecule has 2 amide bonds. The molecule has 1 N–H and O–H groups in total. The number of piperazine rings is 1. The van der Waals surface area contributed by atoms with E-state index in [1.807, 2.05) is 18.2 Å². The molecule has 1 aliphatic carbocycles. The summed E-state index contributed by atoms with van der Waals surface area (Å²) in [7, 11) is 2.11. The Kier molecular flexibility index (Phi) is 7.39. The van der Waals surface area contributed by atoms with E-state index in [-0.39, 0.29) is 24.3 Å². The van der Waals surface area contributed by atoms with E-state index in [9.17, 15) is 14.9 Å². The van der Waals surface area contributed by atoms with Crippen LogP contribution in [0.25, 0.3) is 0 Å². The Morgan fingerprint density at radius 3 is 2.88 bits per heavy atom. The van der Waals surface area contributed by atoms with Crippen LogP contribution < -0.4 is 15.0 Å². The Morgan fingerprint density at radius 1 is 1.24 bits per heavy atom. The Labute approximate surface area is 241 Å². The van der Waals surface area contributed by atoms with Crippen molar-refractivity contribution in [3.8, 4) is 12.1 Å². The molecule has 3 atom stereocenters. The van der Waals surface area contributed by atoms with Gasteiger partial charge < -0.3 is 24.8 Å². The van der Waals surface area contributed by atoms with Crippen LogP contribution in [0.1, 0.15) is 42.5 Å². The van der Waals surface area contributed by atoms with E-state index in [0.717, 1.165) is 47.7 Å². The van der Waals surface area contributed by atoms with Crippen LogP contribution in [0.5, 0.6) is 6.01 Å². The fourth-order valence-corrected chi connectivity index (χ4v) is 6.93. The summed E-state index contributed by atoms with van der Waals surface area (Å²) in [6.45, 7) is 6.73. The van der Waals surface area contributed by atoms with Crippen LogP contribution in [0.4, 0.5) is 11.5 Å². The third kappa shape index (κ3) is 5.15. The molecule has 41 heavy (non-hydrogen) atoms. The van der Waals surface area contributed by atoms with Crippen LogP contribution in [0.2, 0.25) is 0 Å². The van der Waals surface area contributed by atoms with E-state index >= 15 is 0 Å². The predicted octanol–water partition coefficient (Wildman–Crippen LogP) is 2.74. The first-order chi connectivity index (χ1) is 19.9. The molecular formula is C31H37N7O3. The number of anilines is 2. The zero-order valence-electron chi connectivity index (χ0n) is 23.6. The lowest BCUT2D eigenvalue weighted by molar-refractivity contribution is -0.128. The number of likely N-dealkylation sites (tertiary alicyclic amines) is 1. The zero-order valence-corrected chi connectivity index (χ0v) is 23.6. The zero-order chi connectivity index (χ0) is 28.6. The van der Waals surface area contributed by atoms with Crippen LogP contribution in [0.3, 0.4) is 0 Å². The first kappa shape index (κ1) is 27.2. The third-order valence-corrected chi connectivity index (χ3v) is 9.33. The third-order valence-electron chi connectivity index (χ3n) is 9.33. The van der Waals surface area contributed by atoms with Gasteiger partial charge in [-0.2, -0.15) is 15.2 Å². The topological polar surface area (TPSA) is 115 Å². The highest BCUT2D eigenvalue weighted by Gasteiger charge is 2.46. The largest absolute Gasteiger partial charge is 0.462 e. The van der Waals surface area contributed by atoms with Gasteiger partial charge >= 0.3 is 6.01 Å². The van der Waals surface area contributed by atoms with Crippen molar-refractivity contribution in [2.45, 2.75) is 57.0 Å². The number of nitrogens with one attached hydrogen (secondary N) is 1. The van der Waals surface area contributed by atoms with Gasteiger partial charge in [-0.25, -0.2) is 0 Å². The molecule has 3 unspecified atom stereocenters. The fraction of sp³-hybridized carbons (Fsp3) is 0.516. The molecule has 4 heterocycles. The summed E-state index contributed by atoms with van der Waals surface area (Å²) in [4.78, 5) is 42.1. The number of nitrogens with zero attached hydrogens (tertiary/aromatic N) is 6. The molecular weight excluding hydrogens is 518 g/mol.